The van der Waals surface area contributed by atoms with Gasteiger partial charge in [0.15, 0.2) is 0 Å². The molecule has 4 rings (SSSR count). The molecule has 0 bridgehead atoms. The van der Waals surface area contributed by atoms with E-state index in [9.17, 15) is 9.59 Å². The lowest BCUT2D eigenvalue weighted by atomic mass is 10.00. The number of hydrogen-bond acceptors (Lipinski definition) is 4. The molecule has 1 heterocycles. The second-order valence-corrected chi connectivity index (χ2v) is 8.35. The van der Waals surface area contributed by atoms with Gasteiger partial charge in [-0.25, -0.2) is 9.59 Å². The van der Waals surface area contributed by atoms with Crippen molar-refractivity contribution >= 4 is 60.8 Å². The Morgan fingerprint density at radius 1 is 1.09 bits per heavy atom. The van der Waals surface area contributed by atoms with Crippen LogP contribution in [0.15, 0.2) is 69.9 Å². The summed E-state index contributed by atoms with van der Waals surface area (Å²) in [5.41, 5.74) is 0.861. The summed E-state index contributed by atoms with van der Waals surface area (Å²) < 4.78 is 10.5. The lowest BCUT2D eigenvalue weighted by molar-refractivity contribution is 0.248. The highest BCUT2D eigenvalue weighted by Gasteiger charge is 2.16. The Labute approximate surface area is 197 Å². The highest BCUT2D eigenvalue weighted by molar-refractivity contribution is 9.09. The van der Waals surface area contributed by atoms with Crippen molar-refractivity contribution in [1.29, 1.82) is 0 Å². The molecule has 8 heteroatoms. The molecule has 6 nitrogen and oxygen atoms in total. The van der Waals surface area contributed by atoms with Crippen LogP contribution in [0.5, 0.6) is 5.95 Å². The summed E-state index contributed by atoms with van der Waals surface area (Å²) in [6, 6.07) is 18.3. The number of anilines is 1. The zero-order valence-electron chi connectivity index (χ0n) is 17.2. The van der Waals surface area contributed by atoms with Gasteiger partial charge in [-0.05, 0) is 35.4 Å². The normalized spacial score (nSPS) is 12.0. The standard InChI is InChI=1S/C24H20BrClN2O4/c1-14(17-8-4-6-15-5-2-3-7-18(15)17)27-24(30)28-16-9-10-19-20(13-16)22(29)32-23(21(19)26)31-12-11-25/h2-10,13-14H,11-12H2,1H3,(H2,27,28,30)/t14-/m1/s1. The molecule has 0 fully saturated rings. The van der Waals surface area contributed by atoms with E-state index in [0.29, 0.717) is 23.0 Å². The number of hydrogen-bond donors (Lipinski definition) is 2. The van der Waals surface area contributed by atoms with E-state index in [2.05, 4.69) is 26.6 Å². The summed E-state index contributed by atoms with van der Waals surface area (Å²) in [5.74, 6) is -0.0222. The van der Waals surface area contributed by atoms with Crippen LogP contribution < -0.4 is 21.0 Å². The number of amides is 2. The predicted octanol–water partition coefficient (Wildman–Crippen LogP) is 6.26. The first kappa shape index (κ1) is 22.2. The monoisotopic (exact) mass is 514 g/mol. The Morgan fingerprint density at radius 2 is 1.88 bits per heavy atom. The smallest absolute Gasteiger partial charge is 0.346 e. The molecule has 0 aliphatic rings. The first-order valence-corrected chi connectivity index (χ1v) is 11.5. The van der Waals surface area contributed by atoms with Crippen molar-refractivity contribution in [3.8, 4) is 5.95 Å². The van der Waals surface area contributed by atoms with E-state index in [1.165, 1.54) is 6.07 Å². The van der Waals surface area contributed by atoms with Gasteiger partial charge < -0.3 is 19.8 Å². The van der Waals surface area contributed by atoms with Crippen LogP contribution in [-0.2, 0) is 0 Å². The average molecular weight is 516 g/mol. The second-order valence-electron chi connectivity index (χ2n) is 7.18. The number of halogens is 2. The van der Waals surface area contributed by atoms with Crippen molar-refractivity contribution in [2.75, 3.05) is 17.3 Å². The summed E-state index contributed by atoms with van der Waals surface area (Å²) in [7, 11) is 0. The first-order valence-electron chi connectivity index (χ1n) is 9.98. The molecule has 0 saturated carbocycles. The molecule has 0 saturated heterocycles. The minimum Gasteiger partial charge on any atom is -0.463 e. The fourth-order valence-electron chi connectivity index (χ4n) is 3.57. The summed E-state index contributed by atoms with van der Waals surface area (Å²) in [5, 5.41) is 9.42. The number of carbonyl (C=O) groups excluding carboxylic acids is 1. The molecular weight excluding hydrogens is 496 g/mol. The number of carbonyl (C=O) groups is 1. The van der Waals surface area contributed by atoms with Crippen LogP contribution in [0.1, 0.15) is 18.5 Å². The van der Waals surface area contributed by atoms with Gasteiger partial charge in [0.2, 0.25) is 0 Å². The van der Waals surface area contributed by atoms with E-state index in [1.54, 1.807) is 12.1 Å². The van der Waals surface area contributed by atoms with E-state index in [1.807, 2.05) is 49.4 Å². The van der Waals surface area contributed by atoms with Crippen molar-refractivity contribution < 1.29 is 13.9 Å². The lowest BCUT2D eigenvalue weighted by Gasteiger charge is -2.17. The third-order valence-electron chi connectivity index (χ3n) is 5.05. The topological polar surface area (TPSA) is 80.6 Å². The fraction of sp³-hybridized carbons (Fsp3) is 0.167. The van der Waals surface area contributed by atoms with Crippen LogP contribution in [0.2, 0.25) is 5.02 Å². The Hall–Kier alpha value is -3.03. The van der Waals surface area contributed by atoms with Gasteiger partial charge in [0, 0.05) is 16.4 Å². The summed E-state index contributed by atoms with van der Waals surface area (Å²) in [4.78, 5) is 25.0. The molecule has 0 radical (unpaired) electrons. The molecule has 4 aromatic rings. The van der Waals surface area contributed by atoms with Crippen molar-refractivity contribution in [2.24, 2.45) is 0 Å². The molecule has 3 aromatic carbocycles. The minimum atomic E-state index is -0.595. The van der Waals surface area contributed by atoms with Crippen LogP contribution in [0.4, 0.5) is 10.5 Å². The molecule has 2 amide bonds. The number of nitrogens with one attached hydrogen (secondary N) is 2. The number of benzene rings is 3. The van der Waals surface area contributed by atoms with E-state index < -0.39 is 11.7 Å². The van der Waals surface area contributed by atoms with Gasteiger partial charge >= 0.3 is 17.6 Å². The third kappa shape index (κ3) is 4.59. The second kappa shape index (κ2) is 9.63. The third-order valence-corrected chi connectivity index (χ3v) is 5.73. The molecule has 2 N–H and O–H groups in total. The van der Waals surface area contributed by atoms with Gasteiger partial charge in [-0.2, -0.15) is 0 Å². The Balaban J connectivity index is 1.53. The zero-order chi connectivity index (χ0) is 22.7. The molecule has 0 aliphatic carbocycles. The zero-order valence-corrected chi connectivity index (χ0v) is 19.5. The first-order chi connectivity index (χ1) is 15.5. The van der Waals surface area contributed by atoms with Crippen molar-refractivity contribution in [3.05, 3.63) is 81.7 Å². The maximum atomic E-state index is 12.6. The Bertz CT molecular complexity index is 1350. The van der Waals surface area contributed by atoms with Gasteiger partial charge in [-0.15, -0.1) is 0 Å². The number of ether oxygens (including phenoxy) is 1. The molecular formula is C24H20BrClN2O4. The van der Waals surface area contributed by atoms with Crippen LogP contribution in [0.25, 0.3) is 21.5 Å². The SMILES string of the molecule is C[C@@H](NC(=O)Nc1ccc2c(Cl)c(OCCBr)oc(=O)c2c1)c1cccc2ccccc12. The Kier molecular flexibility index (Phi) is 6.67. The Morgan fingerprint density at radius 3 is 2.69 bits per heavy atom. The average Bonchev–Trinajstić information content (AvgIpc) is 2.80. The largest absolute Gasteiger partial charge is 0.463 e. The van der Waals surface area contributed by atoms with Crippen LogP contribution in [0.3, 0.4) is 0 Å². The number of rotatable bonds is 6. The van der Waals surface area contributed by atoms with Crippen molar-refractivity contribution in [2.45, 2.75) is 13.0 Å². The predicted molar refractivity (Wildman–Crippen MR) is 131 cm³/mol. The molecule has 1 aromatic heterocycles. The molecule has 1 atom stereocenters. The molecule has 0 spiro atoms. The quantitative estimate of drug-likeness (QED) is 0.297. The van der Waals surface area contributed by atoms with Crippen LogP contribution in [-0.4, -0.2) is 18.0 Å². The van der Waals surface area contributed by atoms with Gasteiger partial charge in [0.25, 0.3) is 0 Å². The molecule has 164 valence electrons. The van der Waals surface area contributed by atoms with E-state index in [-0.39, 0.29) is 22.4 Å². The van der Waals surface area contributed by atoms with Gasteiger partial charge in [-0.1, -0.05) is 76.1 Å². The van der Waals surface area contributed by atoms with Gasteiger partial charge in [0.05, 0.1) is 11.4 Å². The summed E-state index contributed by atoms with van der Waals surface area (Å²) in [6.07, 6.45) is 0. The lowest BCUT2D eigenvalue weighted by Crippen LogP contribution is -2.31. The van der Waals surface area contributed by atoms with Gasteiger partial charge in [-0.3, -0.25) is 0 Å². The molecule has 0 unspecified atom stereocenters. The van der Waals surface area contributed by atoms with E-state index in [4.69, 9.17) is 20.8 Å². The molecule has 0 aliphatic heterocycles. The maximum absolute atomic E-state index is 12.6. The number of urea groups is 1. The highest BCUT2D eigenvalue weighted by Crippen LogP contribution is 2.32. The highest BCUT2D eigenvalue weighted by atomic mass is 79.9. The summed E-state index contributed by atoms with van der Waals surface area (Å²) >= 11 is 9.56. The van der Waals surface area contributed by atoms with E-state index >= 15 is 0 Å². The molecule has 32 heavy (non-hydrogen) atoms. The van der Waals surface area contributed by atoms with Crippen molar-refractivity contribution in [1.82, 2.24) is 5.32 Å². The minimum absolute atomic E-state index is 0.0222. The fourth-order valence-corrected chi connectivity index (χ4v) is 3.99. The van der Waals surface area contributed by atoms with Gasteiger partial charge in [0.1, 0.15) is 11.6 Å². The van der Waals surface area contributed by atoms with Crippen LogP contribution >= 0.6 is 27.5 Å². The number of alkyl halides is 1. The van der Waals surface area contributed by atoms with Crippen molar-refractivity contribution in [3.63, 3.8) is 0 Å². The summed E-state index contributed by atoms with van der Waals surface area (Å²) in [6.45, 7) is 2.23. The van der Waals surface area contributed by atoms with E-state index in [0.717, 1.165) is 16.3 Å². The van der Waals surface area contributed by atoms with Crippen LogP contribution in [0, 0.1) is 0 Å². The maximum Gasteiger partial charge on any atom is 0.346 e. The number of fused-ring (bicyclic) bond motifs is 2.